The van der Waals surface area contributed by atoms with Crippen molar-refractivity contribution in [2.24, 2.45) is 0 Å². The van der Waals surface area contributed by atoms with Gasteiger partial charge in [-0.1, -0.05) is 30.3 Å². The van der Waals surface area contributed by atoms with Crippen molar-refractivity contribution in [1.29, 1.82) is 0 Å². The standard InChI is InChI=1S/C14H14N4O2/c1-2-17-9-15-12-11(17)13(19)16-14(20)18(12)8-10-6-4-3-5-7-10/h3-7,9H,2,8H2,1H3,(H,16,19,20)/p-1. The van der Waals surface area contributed by atoms with Crippen LogP contribution in [0.4, 0.5) is 0 Å². The number of aromatic nitrogens is 4. The van der Waals surface area contributed by atoms with Crippen molar-refractivity contribution in [3.05, 3.63) is 52.7 Å². The smallest absolute Gasteiger partial charge is 0.349 e. The summed E-state index contributed by atoms with van der Waals surface area (Å²) in [5, 5.41) is 11.9. The lowest BCUT2D eigenvalue weighted by Crippen LogP contribution is -2.25. The number of hydrogen-bond donors (Lipinski definition) is 0. The van der Waals surface area contributed by atoms with Crippen molar-refractivity contribution in [3.8, 4) is 5.88 Å². The highest BCUT2D eigenvalue weighted by molar-refractivity contribution is 5.76. The Bertz CT molecular complexity index is 805. The van der Waals surface area contributed by atoms with E-state index in [1.807, 2.05) is 37.3 Å². The zero-order chi connectivity index (χ0) is 14.1. The molecule has 6 nitrogen and oxygen atoms in total. The van der Waals surface area contributed by atoms with Gasteiger partial charge < -0.3 is 9.67 Å². The largest absolute Gasteiger partial charge is 0.857 e. The van der Waals surface area contributed by atoms with E-state index in [0.717, 1.165) is 5.56 Å². The summed E-state index contributed by atoms with van der Waals surface area (Å²) >= 11 is 0. The molecule has 6 heteroatoms. The first-order chi connectivity index (χ1) is 9.70. The molecule has 0 amide bonds. The van der Waals surface area contributed by atoms with Crippen LogP contribution in [-0.4, -0.2) is 19.1 Å². The van der Waals surface area contributed by atoms with Crippen LogP contribution in [0, 0.1) is 0 Å². The van der Waals surface area contributed by atoms with Gasteiger partial charge in [0.1, 0.15) is 0 Å². The molecule has 0 saturated carbocycles. The summed E-state index contributed by atoms with van der Waals surface area (Å²) < 4.78 is 3.13. The highest BCUT2D eigenvalue weighted by Crippen LogP contribution is 2.18. The molecule has 2 aromatic heterocycles. The van der Waals surface area contributed by atoms with Gasteiger partial charge in [-0.15, -0.1) is 0 Å². The van der Waals surface area contributed by atoms with E-state index in [9.17, 15) is 9.90 Å². The van der Waals surface area contributed by atoms with E-state index in [1.54, 1.807) is 10.9 Å². The van der Waals surface area contributed by atoms with Gasteiger partial charge in [-0.05, 0) is 12.5 Å². The highest BCUT2D eigenvalue weighted by Gasteiger charge is 2.11. The van der Waals surface area contributed by atoms with Crippen molar-refractivity contribution in [3.63, 3.8) is 0 Å². The molecule has 3 aromatic rings. The molecule has 3 rings (SSSR count). The third-order valence-corrected chi connectivity index (χ3v) is 3.23. The zero-order valence-corrected chi connectivity index (χ0v) is 11.0. The van der Waals surface area contributed by atoms with Crippen LogP contribution in [0.2, 0.25) is 0 Å². The molecule has 20 heavy (non-hydrogen) atoms. The first-order valence-electron chi connectivity index (χ1n) is 6.37. The van der Waals surface area contributed by atoms with Gasteiger partial charge in [0, 0.05) is 12.4 Å². The predicted molar refractivity (Wildman–Crippen MR) is 72.5 cm³/mol. The maximum atomic E-state index is 12.0. The molecule has 0 aliphatic carbocycles. The minimum atomic E-state index is -0.562. The Morgan fingerprint density at radius 2 is 2.00 bits per heavy atom. The normalized spacial score (nSPS) is 11.1. The molecular formula is C14H13N4O2-. The molecule has 0 saturated heterocycles. The lowest BCUT2D eigenvalue weighted by Gasteiger charge is -2.12. The Morgan fingerprint density at radius 3 is 2.70 bits per heavy atom. The summed E-state index contributed by atoms with van der Waals surface area (Å²) in [6.45, 7) is 2.87. The lowest BCUT2D eigenvalue weighted by molar-refractivity contribution is -0.273. The zero-order valence-electron chi connectivity index (χ0n) is 11.0. The number of rotatable bonds is 3. The number of imidazole rings is 1. The quantitative estimate of drug-likeness (QED) is 0.702. The molecule has 2 heterocycles. The summed E-state index contributed by atoms with van der Waals surface area (Å²) in [6, 6.07) is 9.54. The fourth-order valence-electron chi connectivity index (χ4n) is 2.23. The molecule has 102 valence electrons. The molecule has 0 aliphatic heterocycles. The van der Waals surface area contributed by atoms with E-state index >= 15 is 0 Å². The summed E-state index contributed by atoms with van der Waals surface area (Å²) in [5.74, 6) is -0.520. The summed E-state index contributed by atoms with van der Waals surface area (Å²) in [4.78, 5) is 19.7. The number of benzene rings is 1. The van der Waals surface area contributed by atoms with Crippen LogP contribution in [-0.2, 0) is 13.1 Å². The van der Waals surface area contributed by atoms with E-state index in [1.165, 1.54) is 4.57 Å². The summed E-state index contributed by atoms with van der Waals surface area (Å²) in [5.41, 5.74) is 1.17. The summed E-state index contributed by atoms with van der Waals surface area (Å²) in [6.07, 6.45) is 1.56. The minimum absolute atomic E-state index is 0.351. The molecule has 0 bridgehead atoms. The maximum absolute atomic E-state index is 12.0. The van der Waals surface area contributed by atoms with E-state index < -0.39 is 11.6 Å². The second-order valence-corrected chi connectivity index (χ2v) is 4.47. The SMILES string of the molecule is CCn1cnc2c1c([O-])nc(=O)n2Cc1ccccc1. The number of aryl methyl sites for hydroxylation is 1. The van der Waals surface area contributed by atoms with Gasteiger partial charge >= 0.3 is 5.69 Å². The van der Waals surface area contributed by atoms with E-state index in [-0.39, 0.29) is 0 Å². The van der Waals surface area contributed by atoms with Gasteiger partial charge in [-0.2, -0.15) is 0 Å². The molecule has 0 aliphatic rings. The molecule has 0 radical (unpaired) electrons. The van der Waals surface area contributed by atoms with Crippen molar-refractivity contribution in [2.45, 2.75) is 20.0 Å². The van der Waals surface area contributed by atoms with Crippen LogP contribution < -0.4 is 10.8 Å². The Hall–Kier alpha value is -2.63. The van der Waals surface area contributed by atoms with Crippen LogP contribution in [0.5, 0.6) is 5.88 Å². The average Bonchev–Trinajstić information content (AvgIpc) is 2.89. The van der Waals surface area contributed by atoms with Crippen molar-refractivity contribution < 1.29 is 5.11 Å². The number of fused-ring (bicyclic) bond motifs is 1. The first-order valence-corrected chi connectivity index (χ1v) is 6.37. The van der Waals surface area contributed by atoms with Crippen LogP contribution in [0.15, 0.2) is 41.5 Å². The Kier molecular flexibility index (Phi) is 2.98. The topological polar surface area (TPSA) is 75.8 Å². The third-order valence-electron chi connectivity index (χ3n) is 3.23. The first kappa shape index (κ1) is 12.4. The van der Waals surface area contributed by atoms with Gasteiger partial charge in [-0.3, -0.25) is 4.57 Å². The lowest BCUT2D eigenvalue weighted by atomic mass is 10.2. The van der Waals surface area contributed by atoms with Gasteiger partial charge in [0.15, 0.2) is 5.65 Å². The van der Waals surface area contributed by atoms with Crippen LogP contribution >= 0.6 is 0 Å². The molecule has 0 fully saturated rings. The van der Waals surface area contributed by atoms with Crippen LogP contribution in [0.25, 0.3) is 11.2 Å². The van der Waals surface area contributed by atoms with Gasteiger partial charge in [0.25, 0.3) is 0 Å². The second kappa shape index (κ2) is 4.80. The highest BCUT2D eigenvalue weighted by atomic mass is 16.3. The van der Waals surface area contributed by atoms with Crippen LogP contribution in [0.3, 0.4) is 0 Å². The Labute approximate surface area is 115 Å². The van der Waals surface area contributed by atoms with Crippen molar-refractivity contribution >= 4 is 11.2 Å². The Balaban J connectivity index is 2.20. The van der Waals surface area contributed by atoms with Crippen molar-refractivity contribution in [1.82, 2.24) is 19.1 Å². The van der Waals surface area contributed by atoms with Crippen LogP contribution in [0.1, 0.15) is 12.5 Å². The van der Waals surface area contributed by atoms with Gasteiger partial charge in [0.2, 0.25) is 0 Å². The van der Waals surface area contributed by atoms with E-state index in [4.69, 9.17) is 0 Å². The predicted octanol–water partition coefficient (Wildman–Crippen LogP) is 0.735. The minimum Gasteiger partial charge on any atom is -0.857 e. The monoisotopic (exact) mass is 269 g/mol. The maximum Gasteiger partial charge on any atom is 0.349 e. The molecule has 1 aromatic carbocycles. The molecule has 0 unspecified atom stereocenters. The van der Waals surface area contributed by atoms with Gasteiger partial charge in [-0.25, -0.2) is 14.8 Å². The van der Waals surface area contributed by atoms with Crippen molar-refractivity contribution in [2.75, 3.05) is 0 Å². The fraction of sp³-hybridized carbons (Fsp3) is 0.214. The second-order valence-electron chi connectivity index (χ2n) is 4.47. The molecule has 0 spiro atoms. The van der Waals surface area contributed by atoms with E-state index in [0.29, 0.717) is 24.3 Å². The Morgan fingerprint density at radius 1 is 1.25 bits per heavy atom. The molecular weight excluding hydrogens is 256 g/mol. The summed E-state index contributed by atoms with van der Waals surface area (Å²) in [7, 11) is 0. The van der Waals surface area contributed by atoms with E-state index in [2.05, 4.69) is 9.97 Å². The number of hydrogen-bond acceptors (Lipinski definition) is 4. The average molecular weight is 269 g/mol. The van der Waals surface area contributed by atoms with Gasteiger partial charge in [0.05, 0.1) is 18.4 Å². The molecule has 0 atom stereocenters. The number of nitrogens with zero attached hydrogens (tertiary/aromatic N) is 4. The third kappa shape index (κ3) is 1.95. The fourth-order valence-corrected chi connectivity index (χ4v) is 2.23. The molecule has 0 N–H and O–H groups in total.